The first-order chi connectivity index (χ1) is 10.7. The largest absolute Gasteiger partial charge is 0.289 e. The molecule has 0 bridgehead atoms. The normalized spacial score (nSPS) is 11.1. The maximum atomic E-state index is 11.9. The lowest BCUT2D eigenvalue weighted by Gasteiger charge is -2.22. The summed E-state index contributed by atoms with van der Waals surface area (Å²) < 4.78 is 0. The summed E-state index contributed by atoms with van der Waals surface area (Å²) in [6.45, 7) is 8.55. The second-order valence-corrected chi connectivity index (χ2v) is 6.45. The number of carbonyl (C=O) groups excluding carboxylic acids is 1. The van der Waals surface area contributed by atoms with E-state index >= 15 is 0 Å². The van der Waals surface area contributed by atoms with Crippen molar-refractivity contribution in [1.29, 1.82) is 0 Å². The van der Waals surface area contributed by atoms with Gasteiger partial charge in [0.25, 0.3) is 0 Å². The van der Waals surface area contributed by atoms with Gasteiger partial charge in [-0.1, -0.05) is 78.6 Å². The molecule has 0 aliphatic heterocycles. The van der Waals surface area contributed by atoms with Crippen molar-refractivity contribution in [2.24, 2.45) is 0 Å². The van der Waals surface area contributed by atoms with Gasteiger partial charge in [-0.2, -0.15) is 0 Å². The van der Waals surface area contributed by atoms with Crippen molar-refractivity contribution in [3.8, 4) is 0 Å². The Kier molecular flexibility index (Phi) is 16.4. The molecule has 0 aromatic rings. The van der Waals surface area contributed by atoms with E-state index in [1.54, 1.807) is 0 Å². The molecule has 132 valence electrons. The fourth-order valence-electron chi connectivity index (χ4n) is 2.67. The van der Waals surface area contributed by atoms with Gasteiger partial charge in [0.05, 0.1) is 0 Å². The summed E-state index contributed by atoms with van der Waals surface area (Å²) in [4.78, 5) is 11.9. The van der Waals surface area contributed by atoms with Gasteiger partial charge in [0.2, 0.25) is 5.91 Å². The zero-order valence-corrected chi connectivity index (χ0v) is 15.5. The third-order valence-corrected chi connectivity index (χ3v) is 4.07. The first kappa shape index (κ1) is 21.4. The van der Waals surface area contributed by atoms with Crippen LogP contribution in [0.4, 0.5) is 0 Å². The molecule has 0 aliphatic carbocycles. The maximum absolute atomic E-state index is 11.9. The van der Waals surface area contributed by atoms with Crippen LogP contribution in [0.5, 0.6) is 0 Å². The van der Waals surface area contributed by atoms with E-state index in [0.29, 0.717) is 6.42 Å². The van der Waals surface area contributed by atoms with E-state index in [1.165, 1.54) is 57.8 Å². The molecule has 0 rings (SSSR count). The van der Waals surface area contributed by atoms with Crippen LogP contribution in [-0.2, 0) is 4.79 Å². The monoisotopic (exact) mass is 312 g/mol. The molecule has 22 heavy (non-hydrogen) atoms. The molecule has 3 nitrogen and oxygen atoms in total. The highest BCUT2D eigenvalue weighted by molar-refractivity contribution is 5.75. The van der Waals surface area contributed by atoms with E-state index in [9.17, 15) is 4.79 Å². The molecule has 0 spiro atoms. The smallest absolute Gasteiger partial charge is 0.234 e. The summed E-state index contributed by atoms with van der Waals surface area (Å²) in [5.74, 6) is 0.201. The average Bonchev–Trinajstić information content (AvgIpc) is 2.51. The van der Waals surface area contributed by atoms with Crippen LogP contribution in [0.25, 0.3) is 0 Å². The van der Waals surface area contributed by atoms with Crippen molar-refractivity contribution >= 4 is 5.91 Å². The van der Waals surface area contributed by atoms with Crippen LogP contribution < -0.4 is 5.43 Å². The first-order valence-corrected chi connectivity index (χ1v) is 9.79. The molecular weight excluding hydrogens is 272 g/mol. The fraction of sp³-hybridized carbons (Fsp3) is 0.947. The summed E-state index contributed by atoms with van der Waals surface area (Å²) >= 11 is 0. The van der Waals surface area contributed by atoms with Gasteiger partial charge in [-0.3, -0.25) is 10.2 Å². The van der Waals surface area contributed by atoms with Crippen molar-refractivity contribution in [1.82, 2.24) is 10.4 Å². The molecule has 0 fully saturated rings. The van der Waals surface area contributed by atoms with E-state index in [1.807, 2.05) is 0 Å². The highest BCUT2D eigenvalue weighted by Crippen LogP contribution is 2.10. The Hall–Kier alpha value is -0.570. The number of carbonyl (C=O) groups is 1. The van der Waals surface area contributed by atoms with E-state index in [-0.39, 0.29) is 5.91 Å². The molecule has 0 aliphatic rings. The van der Waals surface area contributed by atoms with Crippen molar-refractivity contribution in [3.05, 3.63) is 0 Å². The lowest BCUT2D eigenvalue weighted by molar-refractivity contribution is -0.126. The Bertz CT molecular complexity index is 244. The number of unbranched alkanes of at least 4 members (excludes halogenated alkanes) is 9. The van der Waals surface area contributed by atoms with Crippen molar-refractivity contribution < 1.29 is 4.79 Å². The second kappa shape index (κ2) is 16.8. The van der Waals surface area contributed by atoms with Gasteiger partial charge in [-0.15, -0.1) is 0 Å². The van der Waals surface area contributed by atoms with E-state index < -0.39 is 0 Å². The zero-order chi connectivity index (χ0) is 16.5. The van der Waals surface area contributed by atoms with Gasteiger partial charge in [-0.25, -0.2) is 5.01 Å². The minimum atomic E-state index is 0.201. The number of nitrogens with zero attached hydrogens (tertiary/aromatic N) is 1. The van der Waals surface area contributed by atoms with Gasteiger partial charge in [0.1, 0.15) is 0 Å². The summed E-state index contributed by atoms with van der Waals surface area (Å²) in [5, 5.41) is 2.10. The van der Waals surface area contributed by atoms with Gasteiger partial charge in [0, 0.05) is 19.5 Å². The Morgan fingerprint density at radius 1 is 0.682 bits per heavy atom. The van der Waals surface area contributed by atoms with Crippen LogP contribution in [0.15, 0.2) is 0 Å². The molecule has 3 heteroatoms. The molecule has 0 saturated carbocycles. The topological polar surface area (TPSA) is 32.3 Å². The number of hydrazine groups is 1. The van der Waals surface area contributed by atoms with Crippen LogP contribution in [-0.4, -0.2) is 24.0 Å². The maximum Gasteiger partial charge on any atom is 0.234 e. The van der Waals surface area contributed by atoms with Crippen LogP contribution in [0.2, 0.25) is 0 Å². The molecule has 0 aromatic carbocycles. The Labute approximate surface area is 139 Å². The molecular formula is C19H40N2O. The molecule has 0 heterocycles. The number of rotatable bonds is 16. The first-order valence-electron chi connectivity index (χ1n) is 9.79. The SMILES string of the molecule is CCCCCCCCCCCC(=O)NN(CCC)CCCC. The highest BCUT2D eigenvalue weighted by atomic mass is 16.2. The lowest BCUT2D eigenvalue weighted by Crippen LogP contribution is -2.43. The summed E-state index contributed by atoms with van der Waals surface area (Å²) in [6.07, 6.45) is 15.8. The Morgan fingerprint density at radius 3 is 1.77 bits per heavy atom. The predicted molar refractivity (Wildman–Crippen MR) is 96.8 cm³/mol. The van der Waals surface area contributed by atoms with Crippen LogP contribution >= 0.6 is 0 Å². The Morgan fingerprint density at radius 2 is 1.23 bits per heavy atom. The van der Waals surface area contributed by atoms with Crippen LogP contribution in [0, 0.1) is 0 Å². The number of amides is 1. The van der Waals surface area contributed by atoms with E-state index in [2.05, 4.69) is 31.2 Å². The minimum absolute atomic E-state index is 0.201. The van der Waals surface area contributed by atoms with Crippen LogP contribution in [0.3, 0.4) is 0 Å². The van der Waals surface area contributed by atoms with Crippen LogP contribution in [0.1, 0.15) is 104 Å². The summed E-state index contributed by atoms with van der Waals surface area (Å²) in [6, 6.07) is 0. The van der Waals surface area contributed by atoms with Crippen molar-refractivity contribution in [2.75, 3.05) is 13.1 Å². The number of hydrogen-bond acceptors (Lipinski definition) is 2. The predicted octanol–water partition coefficient (Wildman–Crippen LogP) is 5.45. The van der Waals surface area contributed by atoms with Crippen molar-refractivity contribution in [2.45, 2.75) is 104 Å². The third kappa shape index (κ3) is 14.4. The van der Waals surface area contributed by atoms with Gasteiger partial charge < -0.3 is 0 Å². The van der Waals surface area contributed by atoms with E-state index in [0.717, 1.165) is 32.4 Å². The van der Waals surface area contributed by atoms with Gasteiger partial charge in [-0.05, 0) is 19.3 Å². The molecule has 0 radical (unpaired) electrons. The van der Waals surface area contributed by atoms with Gasteiger partial charge in [0.15, 0.2) is 0 Å². The average molecular weight is 313 g/mol. The Balaban J connectivity index is 3.50. The molecule has 1 N–H and O–H groups in total. The zero-order valence-electron chi connectivity index (χ0n) is 15.5. The standard InChI is InChI=1S/C19H40N2O/c1-4-7-9-10-11-12-13-14-15-16-19(22)20-21(17-6-3)18-8-5-2/h4-18H2,1-3H3,(H,20,22). The number of nitrogens with one attached hydrogen (secondary N) is 1. The van der Waals surface area contributed by atoms with E-state index in [4.69, 9.17) is 0 Å². The molecule has 0 unspecified atom stereocenters. The molecule has 0 saturated heterocycles. The van der Waals surface area contributed by atoms with Gasteiger partial charge >= 0.3 is 0 Å². The quantitative estimate of drug-likeness (QED) is 0.303. The second-order valence-electron chi connectivity index (χ2n) is 6.45. The fourth-order valence-corrected chi connectivity index (χ4v) is 2.67. The summed E-state index contributed by atoms with van der Waals surface area (Å²) in [7, 11) is 0. The molecule has 1 amide bonds. The number of hydrogen-bond donors (Lipinski definition) is 1. The minimum Gasteiger partial charge on any atom is -0.289 e. The molecule has 0 atom stereocenters. The van der Waals surface area contributed by atoms with Crippen molar-refractivity contribution in [3.63, 3.8) is 0 Å². The summed E-state index contributed by atoms with van der Waals surface area (Å²) in [5.41, 5.74) is 3.07. The highest BCUT2D eigenvalue weighted by Gasteiger charge is 2.07. The molecule has 0 aromatic heterocycles. The lowest BCUT2D eigenvalue weighted by atomic mass is 10.1. The third-order valence-electron chi connectivity index (χ3n) is 4.07.